The van der Waals surface area contributed by atoms with Crippen molar-refractivity contribution in [2.24, 2.45) is 0 Å². The van der Waals surface area contributed by atoms with E-state index in [1.807, 2.05) is 0 Å². The van der Waals surface area contributed by atoms with Gasteiger partial charge in [-0.2, -0.15) is 0 Å². The van der Waals surface area contributed by atoms with Crippen LogP contribution in [0.5, 0.6) is 0 Å². The molecule has 0 aromatic carbocycles. The Morgan fingerprint density at radius 1 is 0.727 bits per heavy atom. The molecule has 1 aliphatic carbocycles. The number of aliphatic hydroxyl groups is 1. The molecule has 1 N–H and O–H groups in total. The summed E-state index contributed by atoms with van der Waals surface area (Å²) in [4.78, 5) is 4.59. The Balaban J connectivity index is 0. The van der Waals surface area contributed by atoms with Crippen LogP contribution in [0.25, 0.3) is 0 Å². The number of aliphatic hydroxyl groups excluding tert-OH is 1. The van der Waals surface area contributed by atoms with E-state index in [0.717, 1.165) is 7.11 Å². The van der Waals surface area contributed by atoms with Crippen LogP contribution in [0.15, 0.2) is 0 Å². The van der Waals surface area contributed by atoms with E-state index in [0.29, 0.717) is 0 Å². The van der Waals surface area contributed by atoms with Crippen molar-refractivity contribution in [2.75, 3.05) is 7.11 Å². The van der Waals surface area contributed by atoms with Crippen molar-refractivity contribution in [3.63, 3.8) is 0 Å². The van der Waals surface area contributed by atoms with E-state index in [1.54, 1.807) is 0 Å². The molecule has 0 bridgehead atoms. The Morgan fingerprint density at radius 2 is 0.818 bits per heavy atom. The third-order valence-electron chi connectivity index (χ3n) is 1.50. The zero-order valence-electron chi connectivity index (χ0n) is 8.19. The molecule has 1 aliphatic rings. The zero-order valence-corrected chi connectivity index (χ0v) is 11.0. The summed E-state index contributed by atoms with van der Waals surface area (Å²) in [6.07, 6.45) is 9.00. The molecule has 1 fully saturated rings. The van der Waals surface area contributed by atoms with Crippen molar-refractivity contribution >= 4 is 21.1 Å². The average Bonchev–Trinajstić information content (AvgIpc) is 2.12. The zero-order chi connectivity index (χ0) is 8.95. The first-order valence-corrected chi connectivity index (χ1v) is 10.2. The second-order valence-electron chi connectivity index (χ2n) is 2.62. The van der Waals surface area contributed by atoms with Crippen molar-refractivity contribution in [3.8, 4) is 0 Å². The molecule has 0 aromatic heterocycles. The molecule has 11 heavy (non-hydrogen) atoms. The van der Waals surface area contributed by atoms with Gasteiger partial charge >= 0.3 is 31.0 Å². The van der Waals surface area contributed by atoms with E-state index in [1.165, 1.54) is 38.5 Å². The van der Waals surface area contributed by atoms with Gasteiger partial charge in [-0.05, 0) is 0 Å². The Labute approximate surface area is 81.8 Å². The van der Waals surface area contributed by atoms with Gasteiger partial charge in [0, 0.05) is 7.11 Å². The van der Waals surface area contributed by atoms with E-state index in [9.17, 15) is 0 Å². The summed E-state index contributed by atoms with van der Waals surface area (Å²) < 4.78 is 0. The summed E-state index contributed by atoms with van der Waals surface area (Å²) in [5.41, 5.74) is 0. The number of hydrogen-bond donors (Lipinski definition) is 1. The average molecular weight is 265 g/mol. The summed E-state index contributed by atoms with van der Waals surface area (Å²) >= 11 is 0.230. The van der Waals surface area contributed by atoms with Gasteiger partial charge in [-0.3, -0.25) is 0 Å². The molecular weight excluding hydrogens is 243 g/mol. The van der Waals surface area contributed by atoms with Crippen LogP contribution in [0.1, 0.15) is 38.5 Å². The standard InChI is InChI=1S/C6H12.CH4O.2CH3.Sn/c1-2-4-6-5-3-1;1-2;;;/h1-6H2;2H,1H3;2*1H3;. The maximum absolute atomic E-state index is 7.00. The molecule has 2 radical (unpaired) electrons. The van der Waals surface area contributed by atoms with Crippen molar-refractivity contribution < 1.29 is 5.11 Å². The summed E-state index contributed by atoms with van der Waals surface area (Å²) in [6, 6.07) is 0. The van der Waals surface area contributed by atoms with Crippen molar-refractivity contribution in [1.29, 1.82) is 0 Å². The van der Waals surface area contributed by atoms with Gasteiger partial charge in [0.2, 0.25) is 0 Å². The molecule has 0 saturated heterocycles. The first-order valence-electron chi connectivity index (χ1n) is 4.45. The summed E-state index contributed by atoms with van der Waals surface area (Å²) in [5.74, 6) is 0. The van der Waals surface area contributed by atoms with Gasteiger partial charge in [0.05, 0.1) is 0 Å². The molecule has 0 spiro atoms. The maximum atomic E-state index is 7.00. The van der Waals surface area contributed by atoms with Gasteiger partial charge in [-0.15, -0.1) is 0 Å². The first kappa shape index (κ1) is 14.3. The van der Waals surface area contributed by atoms with Crippen molar-refractivity contribution in [3.05, 3.63) is 0 Å². The molecule has 68 valence electrons. The summed E-state index contributed by atoms with van der Waals surface area (Å²) in [6.45, 7) is 0. The fourth-order valence-corrected chi connectivity index (χ4v) is 1.06. The molecule has 0 heterocycles. The molecule has 0 amide bonds. The topological polar surface area (TPSA) is 20.2 Å². The normalized spacial score (nSPS) is 15.3. The predicted molar refractivity (Wildman–Crippen MR) is 53.3 cm³/mol. The van der Waals surface area contributed by atoms with Gasteiger partial charge in [0.25, 0.3) is 0 Å². The molecule has 0 aromatic rings. The Morgan fingerprint density at radius 3 is 0.909 bits per heavy atom. The van der Waals surface area contributed by atoms with Crippen molar-refractivity contribution in [2.45, 2.75) is 48.4 Å². The molecule has 1 saturated carbocycles. The van der Waals surface area contributed by atoms with Crippen LogP contribution in [0.3, 0.4) is 0 Å². The van der Waals surface area contributed by atoms with Crippen LogP contribution < -0.4 is 0 Å². The third kappa shape index (κ3) is 18.1. The molecule has 2 heteroatoms. The van der Waals surface area contributed by atoms with Crippen LogP contribution in [-0.2, 0) is 0 Å². The minimum absolute atomic E-state index is 0.230. The van der Waals surface area contributed by atoms with Crippen LogP contribution in [-0.4, -0.2) is 33.4 Å². The van der Waals surface area contributed by atoms with E-state index in [2.05, 4.69) is 9.88 Å². The van der Waals surface area contributed by atoms with Crippen LogP contribution in [0.4, 0.5) is 0 Å². The predicted octanol–water partition coefficient (Wildman–Crippen LogP) is 2.74. The van der Waals surface area contributed by atoms with Gasteiger partial charge in [0.15, 0.2) is 0 Å². The minimum atomic E-state index is 0.230. The number of rotatable bonds is 0. The Bertz CT molecular complexity index is 33.3. The first-order chi connectivity index (χ1) is 5.41. The fraction of sp³-hybridized carbons (Fsp3) is 1.00. The van der Waals surface area contributed by atoms with Crippen LogP contribution in [0.2, 0.25) is 9.88 Å². The fourth-order valence-electron chi connectivity index (χ4n) is 1.06. The molecule has 1 rings (SSSR count). The summed E-state index contributed by atoms with van der Waals surface area (Å²) in [5, 5.41) is 7.00. The quantitative estimate of drug-likeness (QED) is 0.667. The monoisotopic (exact) mass is 266 g/mol. The van der Waals surface area contributed by atoms with E-state index in [-0.39, 0.29) is 21.1 Å². The van der Waals surface area contributed by atoms with E-state index >= 15 is 0 Å². The second-order valence-corrected chi connectivity index (χ2v) is 5.48. The molecular formula is C9H22OSn. The van der Waals surface area contributed by atoms with E-state index < -0.39 is 0 Å². The summed E-state index contributed by atoms with van der Waals surface area (Å²) in [7, 11) is 1.00. The molecule has 1 nitrogen and oxygen atoms in total. The van der Waals surface area contributed by atoms with Crippen LogP contribution >= 0.6 is 0 Å². The SMILES string of the molecule is C1CCCCC1.CO.[CH3][Sn][CH3]. The third-order valence-corrected chi connectivity index (χ3v) is 1.50. The van der Waals surface area contributed by atoms with Crippen molar-refractivity contribution in [1.82, 2.24) is 0 Å². The Hall–Kier alpha value is 0.759. The van der Waals surface area contributed by atoms with E-state index in [4.69, 9.17) is 5.11 Å². The van der Waals surface area contributed by atoms with Crippen LogP contribution in [0, 0.1) is 0 Å². The van der Waals surface area contributed by atoms with Gasteiger partial charge < -0.3 is 5.11 Å². The van der Waals surface area contributed by atoms with Gasteiger partial charge in [0.1, 0.15) is 0 Å². The number of hydrogen-bond acceptors (Lipinski definition) is 1. The second kappa shape index (κ2) is 17.0. The Kier molecular flexibility index (Phi) is 22.1. The van der Waals surface area contributed by atoms with Gasteiger partial charge in [-0.1, -0.05) is 38.5 Å². The molecule has 0 atom stereocenters. The molecule has 0 aliphatic heterocycles. The molecule has 0 unspecified atom stereocenters. The van der Waals surface area contributed by atoms with Gasteiger partial charge in [-0.25, -0.2) is 0 Å².